The van der Waals surface area contributed by atoms with E-state index in [-0.39, 0.29) is 6.42 Å². The minimum Gasteiger partial charge on any atom is -0.481 e. The molecular weight excluding hydrogens is 198 g/mol. The average Bonchev–Trinajstić information content (AvgIpc) is 2.67. The summed E-state index contributed by atoms with van der Waals surface area (Å²) < 4.78 is 0. The van der Waals surface area contributed by atoms with Crippen molar-refractivity contribution in [2.45, 2.75) is 25.7 Å². The molecule has 2 N–H and O–H groups in total. The van der Waals surface area contributed by atoms with Gasteiger partial charge >= 0.3 is 5.97 Å². The molecule has 0 spiro atoms. The van der Waals surface area contributed by atoms with Gasteiger partial charge < -0.3 is 10.4 Å². The molecule has 1 aromatic rings. The first kappa shape index (κ1) is 9.52. The van der Waals surface area contributed by atoms with Crippen LogP contribution in [-0.2, 0) is 17.6 Å². The van der Waals surface area contributed by atoms with E-state index in [9.17, 15) is 4.79 Å². The van der Waals surface area contributed by atoms with Crippen LogP contribution in [0.25, 0.3) is 0 Å². The van der Waals surface area contributed by atoms with Crippen LogP contribution in [0.4, 0.5) is 5.69 Å². The number of aliphatic carboxylic acids is 1. The van der Waals surface area contributed by atoms with Crippen molar-refractivity contribution < 1.29 is 9.90 Å². The highest BCUT2D eigenvalue weighted by atomic mass is 32.1. The van der Waals surface area contributed by atoms with Gasteiger partial charge in [0.15, 0.2) is 0 Å². The fourth-order valence-corrected chi connectivity index (χ4v) is 2.88. The summed E-state index contributed by atoms with van der Waals surface area (Å²) in [4.78, 5) is 11.7. The molecule has 0 radical (unpaired) electrons. The van der Waals surface area contributed by atoms with Crippen molar-refractivity contribution >= 4 is 23.0 Å². The predicted octanol–water partition coefficient (Wildman–Crippen LogP) is 2.12. The van der Waals surface area contributed by atoms with Crippen LogP contribution in [0.5, 0.6) is 0 Å². The van der Waals surface area contributed by atoms with Crippen LogP contribution in [0.1, 0.15) is 23.3 Å². The predicted molar refractivity (Wildman–Crippen MR) is 57.1 cm³/mol. The van der Waals surface area contributed by atoms with Crippen molar-refractivity contribution in [2.75, 3.05) is 11.9 Å². The zero-order valence-electron chi connectivity index (χ0n) is 7.88. The maximum absolute atomic E-state index is 10.4. The lowest BCUT2D eigenvalue weighted by atomic mass is 10.1. The third kappa shape index (κ3) is 1.90. The van der Waals surface area contributed by atoms with Gasteiger partial charge in [0, 0.05) is 28.9 Å². The number of hydrogen-bond donors (Lipinski definition) is 2. The van der Waals surface area contributed by atoms with Gasteiger partial charge in [-0.15, -0.1) is 11.3 Å². The Kier molecular flexibility index (Phi) is 2.72. The van der Waals surface area contributed by atoms with E-state index in [4.69, 9.17) is 5.11 Å². The smallest absolute Gasteiger partial charge is 0.303 e. The van der Waals surface area contributed by atoms with Crippen LogP contribution in [0.3, 0.4) is 0 Å². The minimum atomic E-state index is -0.698. The Labute approximate surface area is 86.8 Å². The van der Waals surface area contributed by atoms with E-state index in [0.717, 1.165) is 25.8 Å². The normalized spacial score (nSPS) is 13.7. The number of fused-ring (bicyclic) bond motifs is 1. The molecule has 1 aromatic heterocycles. The summed E-state index contributed by atoms with van der Waals surface area (Å²) in [5.41, 5.74) is 2.68. The molecule has 4 heteroatoms. The van der Waals surface area contributed by atoms with Gasteiger partial charge in [-0.25, -0.2) is 0 Å². The van der Waals surface area contributed by atoms with Gasteiger partial charge in [-0.3, -0.25) is 4.79 Å². The van der Waals surface area contributed by atoms with E-state index in [0.29, 0.717) is 0 Å². The van der Waals surface area contributed by atoms with E-state index in [1.54, 1.807) is 11.3 Å². The standard InChI is InChI=1S/C10H13NO2S/c12-10(13)3-1-2-9-7-4-5-11-8(7)6-14-9/h6,11H,1-5H2,(H,12,13). The molecule has 2 rings (SSSR count). The van der Waals surface area contributed by atoms with Gasteiger partial charge in [0.25, 0.3) is 0 Å². The molecule has 76 valence electrons. The molecule has 14 heavy (non-hydrogen) atoms. The van der Waals surface area contributed by atoms with E-state index in [1.807, 2.05) is 0 Å². The number of aryl methyl sites for hydroxylation is 1. The molecule has 0 atom stereocenters. The monoisotopic (exact) mass is 211 g/mol. The molecule has 1 aliphatic heterocycles. The summed E-state index contributed by atoms with van der Waals surface area (Å²) >= 11 is 1.75. The van der Waals surface area contributed by atoms with E-state index in [2.05, 4.69) is 10.7 Å². The van der Waals surface area contributed by atoms with Crippen LogP contribution in [-0.4, -0.2) is 17.6 Å². The second-order valence-electron chi connectivity index (χ2n) is 3.48. The third-order valence-corrected chi connectivity index (χ3v) is 3.55. The molecule has 0 bridgehead atoms. The Morgan fingerprint density at radius 3 is 3.29 bits per heavy atom. The molecule has 0 unspecified atom stereocenters. The fourth-order valence-electron chi connectivity index (χ4n) is 1.78. The summed E-state index contributed by atoms with van der Waals surface area (Å²) in [5, 5.41) is 14.0. The van der Waals surface area contributed by atoms with Gasteiger partial charge in [0.05, 0.1) is 0 Å². The average molecular weight is 211 g/mol. The van der Waals surface area contributed by atoms with Crippen molar-refractivity contribution in [3.63, 3.8) is 0 Å². The number of thiophene rings is 1. The Morgan fingerprint density at radius 2 is 2.50 bits per heavy atom. The number of nitrogens with one attached hydrogen (secondary N) is 1. The van der Waals surface area contributed by atoms with Crippen molar-refractivity contribution in [1.29, 1.82) is 0 Å². The number of anilines is 1. The zero-order chi connectivity index (χ0) is 9.97. The van der Waals surface area contributed by atoms with Crippen LogP contribution >= 0.6 is 11.3 Å². The highest BCUT2D eigenvalue weighted by Crippen LogP contribution is 2.32. The third-order valence-electron chi connectivity index (χ3n) is 2.47. The lowest BCUT2D eigenvalue weighted by Crippen LogP contribution is -1.96. The Balaban J connectivity index is 1.93. The molecule has 2 heterocycles. The topological polar surface area (TPSA) is 49.3 Å². The summed E-state index contributed by atoms with van der Waals surface area (Å²) in [6, 6.07) is 0. The fraction of sp³-hybridized carbons (Fsp3) is 0.500. The lowest BCUT2D eigenvalue weighted by Gasteiger charge is -1.98. The summed E-state index contributed by atoms with van der Waals surface area (Å²) in [7, 11) is 0. The lowest BCUT2D eigenvalue weighted by molar-refractivity contribution is -0.137. The molecule has 0 aromatic carbocycles. The van der Waals surface area contributed by atoms with Gasteiger partial charge in [-0.05, 0) is 24.8 Å². The Morgan fingerprint density at radius 1 is 1.64 bits per heavy atom. The molecule has 0 aliphatic carbocycles. The molecule has 1 aliphatic rings. The van der Waals surface area contributed by atoms with Gasteiger partial charge in [0.2, 0.25) is 0 Å². The van der Waals surface area contributed by atoms with Crippen molar-refractivity contribution in [1.82, 2.24) is 0 Å². The Hall–Kier alpha value is -1.03. The number of carboxylic acid groups (broad SMARTS) is 1. The van der Waals surface area contributed by atoms with Crippen LogP contribution in [0.2, 0.25) is 0 Å². The highest BCUT2D eigenvalue weighted by Gasteiger charge is 2.15. The zero-order valence-corrected chi connectivity index (χ0v) is 8.69. The first-order valence-electron chi connectivity index (χ1n) is 4.82. The van der Waals surface area contributed by atoms with Gasteiger partial charge in [0.1, 0.15) is 0 Å². The van der Waals surface area contributed by atoms with Gasteiger partial charge in [-0.1, -0.05) is 0 Å². The maximum Gasteiger partial charge on any atom is 0.303 e. The molecule has 0 fully saturated rings. The first-order valence-corrected chi connectivity index (χ1v) is 5.70. The quantitative estimate of drug-likeness (QED) is 0.802. The van der Waals surface area contributed by atoms with Gasteiger partial charge in [-0.2, -0.15) is 0 Å². The van der Waals surface area contributed by atoms with Crippen LogP contribution in [0, 0.1) is 0 Å². The molecule has 3 nitrogen and oxygen atoms in total. The number of hydrogen-bond acceptors (Lipinski definition) is 3. The second-order valence-corrected chi connectivity index (χ2v) is 4.44. The largest absolute Gasteiger partial charge is 0.481 e. The molecule has 0 saturated heterocycles. The number of carboxylic acids is 1. The Bertz CT molecular complexity index is 346. The highest BCUT2D eigenvalue weighted by molar-refractivity contribution is 7.10. The summed E-state index contributed by atoms with van der Waals surface area (Å²) in [6.07, 6.45) is 3.04. The van der Waals surface area contributed by atoms with Crippen molar-refractivity contribution in [3.05, 3.63) is 15.8 Å². The minimum absolute atomic E-state index is 0.278. The van der Waals surface area contributed by atoms with Crippen molar-refractivity contribution in [2.24, 2.45) is 0 Å². The van der Waals surface area contributed by atoms with E-state index < -0.39 is 5.97 Å². The molecular formula is C10H13NO2S. The summed E-state index contributed by atoms with van der Waals surface area (Å²) in [5.74, 6) is -0.698. The maximum atomic E-state index is 10.4. The SMILES string of the molecule is O=C(O)CCCc1scc2c1CCN2. The second kappa shape index (κ2) is 4.00. The molecule has 0 saturated carbocycles. The first-order chi connectivity index (χ1) is 6.77. The molecule has 0 amide bonds. The summed E-state index contributed by atoms with van der Waals surface area (Å²) in [6.45, 7) is 1.03. The number of rotatable bonds is 4. The van der Waals surface area contributed by atoms with Crippen molar-refractivity contribution in [3.8, 4) is 0 Å². The number of carbonyl (C=O) groups is 1. The van der Waals surface area contributed by atoms with Crippen LogP contribution in [0.15, 0.2) is 5.38 Å². The van der Waals surface area contributed by atoms with Crippen LogP contribution < -0.4 is 5.32 Å². The van der Waals surface area contributed by atoms with E-state index in [1.165, 1.54) is 16.1 Å². The van der Waals surface area contributed by atoms with E-state index >= 15 is 0 Å².